The molecule has 106 valence electrons. The van der Waals surface area contributed by atoms with Crippen molar-refractivity contribution in [2.75, 3.05) is 43.9 Å². The third-order valence-electron chi connectivity index (χ3n) is 3.63. The normalized spacial score (nSPS) is 17.5. The third kappa shape index (κ3) is 3.48. The molecule has 1 saturated heterocycles. The first kappa shape index (κ1) is 14.3. The smallest absolute Gasteiger partial charge is 0.224 e. The van der Waals surface area contributed by atoms with Gasteiger partial charge in [-0.25, -0.2) is 4.98 Å². The van der Waals surface area contributed by atoms with Gasteiger partial charge in [-0.3, -0.25) is 0 Å². The molecule has 19 heavy (non-hydrogen) atoms. The van der Waals surface area contributed by atoms with E-state index in [2.05, 4.69) is 39.2 Å². The molecule has 1 aromatic rings. The van der Waals surface area contributed by atoms with Crippen LogP contribution >= 0.6 is 11.6 Å². The first-order chi connectivity index (χ1) is 9.11. The Kier molecular flexibility index (Phi) is 4.82. The highest BCUT2D eigenvalue weighted by Crippen LogP contribution is 2.27. The molecule has 1 aliphatic heterocycles. The Bertz CT molecular complexity index is 417. The van der Waals surface area contributed by atoms with Crippen LogP contribution in [0.5, 0.6) is 0 Å². The van der Waals surface area contributed by atoms with Crippen LogP contribution in [0.2, 0.25) is 5.02 Å². The fraction of sp³-hybridized carbons (Fsp3) is 0.692. The molecule has 1 aliphatic rings. The van der Waals surface area contributed by atoms with Gasteiger partial charge >= 0.3 is 0 Å². The van der Waals surface area contributed by atoms with E-state index >= 15 is 0 Å². The molecule has 6 heteroatoms. The molecule has 1 fully saturated rings. The Hall–Kier alpha value is -1.07. The molecule has 0 radical (unpaired) electrons. The van der Waals surface area contributed by atoms with E-state index in [4.69, 9.17) is 11.6 Å². The highest BCUT2D eigenvalue weighted by molar-refractivity contribution is 6.32. The second-order valence-corrected chi connectivity index (χ2v) is 5.45. The Morgan fingerprint density at radius 2 is 2.16 bits per heavy atom. The molecule has 0 saturated carbocycles. The Morgan fingerprint density at radius 3 is 2.79 bits per heavy atom. The lowest BCUT2D eigenvalue weighted by atomic mass is 10.0. The Morgan fingerprint density at radius 1 is 1.47 bits per heavy atom. The van der Waals surface area contributed by atoms with Crippen LogP contribution in [0.3, 0.4) is 0 Å². The summed E-state index contributed by atoms with van der Waals surface area (Å²) in [5.41, 5.74) is 0. The first-order valence-corrected chi connectivity index (χ1v) is 7.17. The van der Waals surface area contributed by atoms with Crippen molar-refractivity contribution in [3.05, 3.63) is 11.2 Å². The molecule has 2 heterocycles. The number of hydrogen-bond acceptors (Lipinski definition) is 5. The summed E-state index contributed by atoms with van der Waals surface area (Å²) in [6.45, 7) is 5.08. The summed E-state index contributed by atoms with van der Waals surface area (Å²) in [5, 5.41) is 3.74. The lowest BCUT2D eigenvalue weighted by Gasteiger charge is -2.36. The van der Waals surface area contributed by atoms with Crippen molar-refractivity contribution < 1.29 is 0 Å². The van der Waals surface area contributed by atoms with Gasteiger partial charge in [0.1, 0.15) is 5.02 Å². The van der Waals surface area contributed by atoms with Crippen LogP contribution in [-0.4, -0.2) is 54.6 Å². The number of hydrogen-bond donors (Lipinski definition) is 1. The maximum Gasteiger partial charge on any atom is 0.224 e. The zero-order valence-electron chi connectivity index (χ0n) is 11.9. The summed E-state index contributed by atoms with van der Waals surface area (Å²) < 4.78 is 0. The van der Waals surface area contributed by atoms with Crippen molar-refractivity contribution in [3.63, 3.8) is 0 Å². The predicted molar refractivity (Wildman–Crippen MR) is 80.1 cm³/mol. The van der Waals surface area contributed by atoms with E-state index in [9.17, 15) is 0 Å². The van der Waals surface area contributed by atoms with Crippen LogP contribution in [0.15, 0.2) is 6.20 Å². The number of rotatable bonds is 4. The van der Waals surface area contributed by atoms with Crippen LogP contribution < -0.4 is 10.2 Å². The van der Waals surface area contributed by atoms with Gasteiger partial charge in [-0.1, -0.05) is 11.6 Å². The number of halogens is 1. The van der Waals surface area contributed by atoms with Gasteiger partial charge in [0.2, 0.25) is 5.95 Å². The van der Waals surface area contributed by atoms with Crippen molar-refractivity contribution in [2.24, 2.45) is 0 Å². The van der Waals surface area contributed by atoms with Crippen molar-refractivity contribution in [1.82, 2.24) is 14.9 Å². The van der Waals surface area contributed by atoms with Crippen LogP contribution in [0.4, 0.5) is 11.8 Å². The monoisotopic (exact) mass is 283 g/mol. The van der Waals surface area contributed by atoms with Gasteiger partial charge in [-0.05, 0) is 39.9 Å². The highest BCUT2D eigenvalue weighted by Gasteiger charge is 2.23. The average Bonchev–Trinajstić information content (AvgIpc) is 2.41. The number of piperidine rings is 1. The van der Waals surface area contributed by atoms with E-state index in [0.717, 1.165) is 38.3 Å². The SMILES string of the molecule is CCNc1ncc(Cl)c(N(C)C2CCN(C)CC2)n1. The van der Waals surface area contributed by atoms with Crippen LogP contribution in [0.1, 0.15) is 19.8 Å². The van der Waals surface area contributed by atoms with Gasteiger partial charge in [0.25, 0.3) is 0 Å². The largest absolute Gasteiger partial charge is 0.355 e. The molecule has 0 aliphatic carbocycles. The third-order valence-corrected chi connectivity index (χ3v) is 3.90. The molecular weight excluding hydrogens is 262 g/mol. The number of likely N-dealkylation sites (tertiary alicyclic amines) is 1. The molecule has 5 nitrogen and oxygen atoms in total. The molecule has 0 unspecified atom stereocenters. The fourth-order valence-corrected chi connectivity index (χ4v) is 2.63. The minimum absolute atomic E-state index is 0.498. The number of nitrogens with zero attached hydrogens (tertiary/aromatic N) is 4. The summed E-state index contributed by atoms with van der Waals surface area (Å²) in [6.07, 6.45) is 3.96. The first-order valence-electron chi connectivity index (χ1n) is 6.79. The molecule has 0 amide bonds. The number of anilines is 2. The maximum atomic E-state index is 6.23. The molecule has 0 spiro atoms. The zero-order valence-corrected chi connectivity index (χ0v) is 12.6. The Labute approximate surface area is 120 Å². The van der Waals surface area contributed by atoms with Gasteiger partial charge in [-0.15, -0.1) is 0 Å². The minimum Gasteiger partial charge on any atom is -0.355 e. The summed E-state index contributed by atoms with van der Waals surface area (Å²) >= 11 is 6.23. The van der Waals surface area contributed by atoms with E-state index in [-0.39, 0.29) is 0 Å². The van der Waals surface area contributed by atoms with Gasteiger partial charge in [-0.2, -0.15) is 4.98 Å². The molecule has 1 N–H and O–H groups in total. The number of nitrogens with one attached hydrogen (secondary N) is 1. The highest BCUT2D eigenvalue weighted by atomic mass is 35.5. The maximum absolute atomic E-state index is 6.23. The fourth-order valence-electron chi connectivity index (χ4n) is 2.40. The molecule has 0 aromatic carbocycles. The summed E-state index contributed by atoms with van der Waals surface area (Å²) in [5.74, 6) is 1.46. The van der Waals surface area contributed by atoms with E-state index in [0.29, 0.717) is 17.0 Å². The zero-order chi connectivity index (χ0) is 13.8. The van der Waals surface area contributed by atoms with Crippen LogP contribution in [0, 0.1) is 0 Å². The van der Waals surface area contributed by atoms with Crippen LogP contribution in [0.25, 0.3) is 0 Å². The average molecular weight is 284 g/mol. The van der Waals surface area contributed by atoms with E-state index in [1.807, 2.05) is 6.92 Å². The molecule has 0 bridgehead atoms. The standard InChI is InChI=1S/C13H22ClN5/c1-4-15-13-16-9-11(14)12(17-13)19(3)10-5-7-18(2)8-6-10/h9-10H,4-8H2,1-3H3,(H,15,16,17). The van der Waals surface area contributed by atoms with E-state index in [1.54, 1.807) is 6.20 Å². The summed E-state index contributed by atoms with van der Waals surface area (Å²) in [7, 11) is 4.23. The number of aromatic nitrogens is 2. The summed E-state index contributed by atoms with van der Waals surface area (Å²) in [4.78, 5) is 13.2. The molecular formula is C13H22ClN5. The second kappa shape index (κ2) is 6.39. The lowest BCUT2D eigenvalue weighted by Crippen LogP contribution is -2.42. The van der Waals surface area contributed by atoms with Gasteiger partial charge in [0, 0.05) is 19.6 Å². The van der Waals surface area contributed by atoms with Gasteiger partial charge in [0.05, 0.1) is 6.20 Å². The van der Waals surface area contributed by atoms with Gasteiger partial charge in [0.15, 0.2) is 5.82 Å². The molecule has 2 rings (SSSR count). The van der Waals surface area contributed by atoms with E-state index in [1.165, 1.54) is 0 Å². The quantitative estimate of drug-likeness (QED) is 0.917. The van der Waals surface area contributed by atoms with Gasteiger partial charge < -0.3 is 15.1 Å². The Balaban J connectivity index is 2.13. The van der Waals surface area contributed by atoms with Crippen molar-refractivity contribution in [3.8, 4) is 0 Å². The van der Waals surface area contributed by atoms with Crippen LogP contribution in [-0.2, 0) is 0 Å². The second-order valence-electron chi connectivity index (χ2n) is 5.04. The molecule has 1 aromatic heterocycles. The van der Waals surface area contributed by atoms with Crippen molar-refractivity contribution in [1.29, 1.82) is 0 Å². The summed E-state index contributed by atoms with van der Waals surface area (Å²) in [6, 6.07) is 0.498. The van der Waals surface area contributed by atoms with Crippen molar-refractivity contribution >= 4 is 23.4 Å². The molecule has 0 atom stereocenters. The topological polar surface area (TPSA) is 44.3 Å². The lowest BCUT2D eigenvalue weighted by molar-refractivity contribution is 0.252. The van der Waals surface area contributed by atoms with Crippen molar-refractivity contribution in [2.45, 2.75) is 25.8 Å². The minimum atomic E-state index is 0.498. The van der Waals surface area contributed by atoms with E-state index < -0.39 is 0 Å². The predicted octanol–water partition coefficient (Wildman–Crippen LogP) is 2.09.